The molecule has 2 N–H and O–H groups in total. The number of likely N-dealkylation sites (tertiary alicyclic amines) is 1. The van der Waals surface area contributed by atoms with Crippen molar-refractivity contribution >= 4 is 11.8 Å². The van der Waals surface area contributed by atoms with Gasteiger partial charge in [-0.1, -0.05) is 5.92 Å². The maximum atomic E-state index is 12.8. The molecule has 0 aromatic rings. The van der Waals surface area contributed by atoms with Crippen LogP contribution in [0.15, 0.2) is 0 Å². The molecule has 7 nitrogen and oxygen atoms in total. The van der Waals surface area contributed by atoms with E-state index in [1.165, 1.54) is 0 Å². The van der Waals surface area contributed by atoms with Crippen LogP contribution in [0.1, 0.15) is 32.1 Å². The first-order valence-electron chi connectivity index (χ1n) is 9.65. The number of fused-ring (bicyclic) bond motifs is 1. The normalized spacial score (nSPS) is 30.9. The zero-order valence-corrected chi connectivity index (χ0v) is 15.6. The van der Waals surface area contributed by atoms with E-state index in [2.05, 4.69) is 33.4 Å². The Morgan fingerprint density at radius 2 is 2.15 bits per heavy atom. The lowest BCUT2D eigenvalue weighted by Gasteiger charge is -2.37. The van der Waals surface area contributed by atoms with E-state index >= 15 is 0 Å². The minimum Gasteiger partial charge on any atom is -0.381 e. The zero-order valence-electron chi connectivity index (χ0n) is 15.6. The van der Waals surface area contributed by atoms with Crippen molar-refractivity contribution in [2.75, 3.05) is 39.9 Å². The van der Waals surface area contributed by atoms with Crippen molar-refractivity contribution < 1.29 is 14.3 Å². The van der Waals surface area contributed by atoms with Crippen molar-refractivity contribution in [3.05, 3.63) is 0 Å². The van der Waals surface area contributed by atoms with Gasteiger partial charge in [0.2, 0.25) is 11.8 Å². The number of rotatable bonds is 5. The van der Waals surface area contributed by atoms with E-state index in [9.17, 15) is 9.59 Å². The van der Waals surface area contributed by atoms with E-state index < -0.39 is 0 Å². The highest BCUT2D eigenvalue weighted by Crippen LogP contribution is 2.31. The van der Waals surface area contributed by atoms with Gasteiger partial charge in [0, 0.05) is 50.8 Å². The molecule has 144 valence electrons. The Hall–Kier alpha value is -1.62. The Labute approximate surface area is 155 Å². The summed E-state index contributed by atoms with van der Waals surface area (Å²) in [7, 11) is 2.09. The summed E-state index contributed by atoms with van der Waals surface area (Å²) in [5.74, 6) is 2.51. The van der Waals surface area contributed by atoms with E-state index in [0.717, 1.165) is 39.0 Å². The van der Waals surface area contributed by atoms with Crippen LogP contribution >= 0.6 is 0 Å². The molecule has 0 aliphatic carbocycles. The third kappa shape index (κ3) is 4.20. The summed E-state index contributed by atoms with van der Waals surface area (Å²) in [6.07, 6.45) is 9.30. The second-order valence-electron chi connectivity index (χ2n) is 7.47. The fourth-order valence-electron chi connectivity index (χ4n) is 4.56. The van der Waals surface area contributed by atoms with Gasteiger partial charge in [0.25, 0.3) is 0 Å². The first kappa shape index (κ1) is 19.2. The molecular formula is C19H30N4O3. The van der Waals surface area contributed by atoms with Crippen molar-refractivity contribution in [3.8, 4) is 12.3 Å². The summed E-state index contributed by atoms with van der Waals surface area (Å²) < 4.78 is 5.48. The summed E-state index contributed by atoms with van der Waals surface area (Å²) in [5.41, 5.74) is 0. The van der Waals surface area contributed by atoms with E-state index in [-0.39, 0.29) is 36.5 Å². The first-order valence-corrected chi connectivity index (χ1v) is 9.65. The van der Waals surface area contributed by atoms with E-state index in [1.54, 1.807) is 0 Å². The Morgan fingerprint density at radius 1 is 1.38 bits per heavy atom. The summed E-state index contributed by atoms with van der Waals surface area (Å²) in [5, 5.41) is 5.82. The molecule has 0 radical (unpaired) electrons. The highest BCUT2D eigenvalue weighted by molar-refractivity contribution is 5.83. The van der Waals surface area contributed by atoms with Gasteiger partial charge in [0.1, 0.15) is 6.04 Å². The van der Waals surface area contributed by atoms with Crippen LogP contribution in [-0.4, -0.2) is 85.7 Å². The van der Waals surface area contributed by atoms with Crippen molar-refractivity contribution in [2.24, 2.45) is 0 Å². The number of nitrogens with one attached hydrogen (secondary N) is 2. The topological polar surface area (TPSA) is 73.9 Å². The number of hydrogen-bond donors (Lipinski definition) is 2. The number of carbonyl (C=O) groups excluding carboxylic acids is 2. The second kappa shape index (κ2) is 8.85. The average Bonchev–Trinajstić information content (AvgIpc) is 3.07. The summed E-state index contributed by atoms with van der Waals surface area (Å²) >= 11 is 0. The molecule has 0 spiro atoms. The summed E-state index contributed by atoms with van der Waals surface area (Å²) in [6.45, 7) is 3.37. The Balaban J connectivity index is 1.62. The highest BCUT2D eigenvalue weighted by Gasteiger charge is 2.47. The van der Waals surface area contributed by atoms with Gasteiger partial charge >= 0.3 is 0 Å². The first-order chi connectivity index (χ1) is 12.6. The van der Waals surface area contributed by atoms with Crippen LogP contribution in [0.25, 0.3) is 0 Å². The lowest BCUT2D eigenvalue weighted by molar-refractivity contribution is -0.127. The highest BCUT2D eigenvalue weighted by atomic mass is 16.5. The summed E-state index contributed by atoms with van der Waals surface area (Å²) in [6, 6.07) is 0.714. The molecule has 0 aromatic carbocycles. The maximum absolute atomic E-state index is 12.8. The van der Waals surface area contributed by atoms with E-state index in [1.807, 2.05) is 0 Å². The molecular weight excluding hydrogens is 332 g/mol. The number of amides is 2. The number of ether oxygens (including phenoxy) is 1. The van der Waals surface area contributed by atoms with Crippen LogP contribution in [0.4, 0.5) is 0 Å². The van der Waals surface area contributed by atoms with Gasteiger partial charge in [-0.25, -0.2) is 0 Å². The molecule has 3 saturated heterocycles. The average molecular weight is 362 g/mol. The van der Waals surface area contributed by atoms with Crippen LogP contribution in [-0.2, 0) is 14.3 Å². The van der Waals surface area contributed by atoms with Crippen LogP contribution in [0.5, 0.6) is 0 Å². The van der Waals surface area contributed by atoms with Crippen LogP contribution in [0.2, 0.25) is 0 Å². The molecule has 2 amide bonds. The Bertz CT molecular complexity index is 555. The number of hydrogen-bond acceptors (Lipinski definition) is 5. The van der Waals surface area contributed by atoms with Crippen molar-refractivity contribution in [1.82, 2.24) is 20.4 Å². The minimum absolute atomic E-state index is 0.0290. The SMILES string of the molecule is C#CCNC(=O)CCC1CNC(=O)C2C(CCN2C2CCOCC2)N1C. The molecule has 26 heavy (non-hydrogen) atoms. The number of nitrogens with zero attached hydrogens (tertiary/aromatic N) is 2. The predicted octanol–water partition coefficient (Wildman–Crippen LogP) is -0.432. The zero-order chi connectivity index (χ0) is 18.5. The molecule has 3 rings (SSSR count). The maximum Gasteiger partial charge on any atom is 0.239 e. The largest absolute Gasteiger partial charge is 0.381 e. The fraction of sp³-hybridized carbons (Fsp3) is 0.789. The van der Waals surface area contributed by atoms with Gasteiger partial charge in [0.15, 0.2) is 0 Å². The van der Waals surface area contributed by atoms with E-state index in [4.69, 9.17) is 11.2 Å². The third-order valence-electron chi connectivity index (χ3n) is 6.04. The second-order valence-corrected chi connectivity index (χ2v) is 7.47. The molecule has 0 saturated carbocycles. The summed E-state index contributed by atoms with van der Waals surface area (Å²) in [4.78, 5) is 29.4. The number of likely N-dealkylation sites (N-methyl/N-ethyl adjacent to an activating group) is 1. The molecule has 3 unspecified atom stereocenters. The van der Waals surface area contributed by atoms with Crippen molar-refractivity contribution in [2.45, 2.75) is 56.3 Å². The van der Waals surface area contributed by atoms with Crippen molar-refractivity contribution in [1.29, 1.82) is 0 Å². The number of carbonyl (C=O) groups is 2. The van der Waals surface area contributed by atoms with Gasteiger partial charge in [0.05, 0.1) is 6.54 Å². The van der Waals surface area contributed by atoms with Crippen LogP contribution < -0.4 is 10.6 Å². The minimum atomic E-state index is -0.0941. The lowest BCUT2D eigenvalue weighted by atomic mass is 10.0. The molecule has 0 aromatic heterocycles. The van der Waals surface area contributed by atoms with E-state index in [0.29, 0.717) is 25.4 Å². The molecule has 3 heterocycles. The Kier molecular flexibility index (Phi) is 6.52. The smallest absolute Gasteiger partial charge is 0.239 e. The molecule has 3 aliphatic heterocycles. The standard InChI is InChI=1S/C19H30N4O3/c1-3-9-20-17(24)5-4-15-13-21-19(25)18-16(22(15)2)6-10-23(18)14-7-11-26-12-8-14/h1,14-16,18H,4-13H2,2H3,(H,20,24)(H,21,25). The molecule has 0 bridgehead atoms. The lowest BCUT2D eigenvalue weighted by Crippen LogP contribution is -2.53. The molecule has 7 heteroatoms. The Morgan fingerprint density at radius 3 is 2.88 bits per heavy atom. The van der Waals surface area contributed by atoms with Crippen LogP contribution in [0, 0.1) is 12.3 Å². The van der Waals surface area contributed by atoms with Crippen LogP contribution in [0.3, 0.4) is 0 Å². The fourth-order valence-corrected chi connectivity index (χ4v) is 4.56. The molecule has 3 atom stereocenters. The van der Waals surface area contributed by atoms with Gasteiger partial charge in [-0.3, -0.25) is 19.4 Å². The van der Waals surface area contributed by atoms with Gasteiger partial charge < -0.3 is 15.4 Å². The molecule has 3 fully saturated rings. The van der Waals surface area contributed by atoms with Gasteiger partial charge in [-0.15, -0.1) is 6.42 Å². The predicted molar refractivity (Wildman–Crippen MR) is 98.4 cm³/mol. The van der Waals surface area contributed by atoms with Gasteiger partial charge in [-0.2, -0.15) is 0 Å². The molecule has 3 aliphatic rings. The quantitative estimate of drug-likeness (QED) is 0.649. The number of terminal acetylenes is 1. The monoisotopic (exact) mass is 362 g/mol. The van der Waals surface area contributed by atoms with Crippen molar-refractivity contribution in [3.63, 3.8) is 0 Å². The van der Waals surface area contributed by atoms with Gasteiger partial charge in [-0.05, 0) is 32.7 Å². The third-order valence-corrected chi connectivity index (χ3v) is 6.04.